The summed E-state index contributed by atoms with van der Waals surface area (Å²) in [5.41, 5.74) is 0.229. The van der Waals surface area contributed by atoms with Gasteiger partial charge in [0.25, 0.3) is 5.91 Å². The fourth-order valence-electron chi connectivity index (χ4n) is 2.16. The summed E-state index contributed by atoms with van der Waals surface area (Å²) in [6.45, 7) is -0.0670. The molecule has 0 aliphatic carbocycles. The average Bonchev–Trinajstić information content (AvgIpc) is 2.49. The van der Waals surface area contributed by atoms with E-state index in [9.17, 15) is 17.6 Å². The minimum absolute atomic E-state index is 0.0463. The highest BCUT2D eigenvalue weighted by Crippen LogP contribution is 2.22. The first-order valence-electron chi connectivity index (χ1n) is 6.69. The van der Waals surface area contributed by atoms with Crippen LogP contribution >= 0.6 is 11.6 Å². The summed E-state index contributed by atoms with van der Waals surface area (Å²) < 4.78 is 37.4. The van der Waals surface area contributed by atoms with Crippen molar-refractivity contribution in [3.63, 3.8) is 0 Å². The maximum atomic E-state index is 13.8. The predicted octanol–water partition coefficient (Wildman–Crippen LogP) is 3.15. The SMILES string of the molecule is CN(Cc1c(F)cccc1Cl)C(=O)c1ccccc1S(C)(=O)=O. The lowest BCUT2D eigenvalue weighted by Gasteiger charge is -2.19. The van der Waals surface area contributed by atoms with E-state index in [1.54, 1.807) is 12.1 Å². The second kappa shape index (κ2) is 6.68. The third-order valence-electron chi connectivity index (χ3n) is 3.32. The monoisotopic (exact) mass is 355 g/mol. The average molecular weight is 356 g/mol. The number of rotatable bonds is 4. The number of carbonyl (C=O) groups excluding carboxylic acids is 1. The molecule has 4 nitrogen and oxygen atoms in total. The van der Waals surface area contributed by atoms with Gasteiger partial charge in [0, 0.05) is 30.4 Å². The van der Waals surface area contributed by atoms with Gasteiger partial charge in [-0.15, -0.1) is 0 Å². The lowest BCUT2D eigenvalue weighted by molar-refractivity contribution is 0.0780. The van der Waals surface area contributed by atoms with Crippen molar-refractivity contribution >= 4 is 27.3 Å². The van der Waals surface area contributed by atoms with Crippen LogP contribution in [-0.2, 0) is 16.4 Å². The molecule has 2 aromatic carbocycles. The molecule has 0 radical (unpaired) electrons. The molecule has 0 unspecified atom stereocenters. The van der Waals surface area contributed by atoms with Crippen molar-refractivity contribution in [2.24, 2.45) is 0 Å². The number of halogens is 2. The predicted molar refractivity (Wildman–Crippen MR) is 86.8 cm³/mol. The van der Waals surface area contributed by atoms with Crippen LogP contribution in [0.1, 0.15) is 15.9 Å². The molecule has 0 atom stereocenters. The Morgan fingerprint density at radius 1 is 1.17 bits per heavy atom. The number of benzene rings is 2. The summed E-state index contributed by atoms with van der Waals surface area (Å²) in [6.07, 6.45) is 1.03. The lowest BCUT2D eigenvalue weighted by Crippen LogP contribution is -2.28. The summed E-state index contributed by atoms with van der Waals surface area (Å²) in [5.74, 6) is -1.04. The highest BCUT2D eigenvalue weighted by atomic mass is 35.5. The molecule has 0 aliphatic heterocycles. The van der Waals surface area contributed by atoms with Crippen LogP contribution in [0.15, 0.2) is 47.4 Å². The zero-order valence-corrected chi connectivity index (χ0v) is 14.2. The van der Waals surface area contributed by atoms with E-state index in [0.717, 1.165) is 6.26 Å². The van der Waals surface area contributed by atoms with Crippen LogP contribution in [0.2, 0.25) is 5.02 Å². The number of sulfone groups is 1. The Morgan fingerprint density at radius 2 is 1.83 bits per heavy atom. The fraction of sp³-hybridized carbons (Fsp3) is 0.188. The van der Waals surface area contributed by atoms with Crippen molar-refractivity contribution in [2.75, 3.05) is 13.3 Å². The Balaban J connectivity index is 2.35. The van der Waals surface area contributed by atoms with Crippen molar-refractivity contribution in [2.45, 2.75) is 11.4 Å². The molecule has 0 heterocycles. The quantitative estimate of drug-likeness (QED) is 0.846. The first-order valence-corrected chi connectivity index (χ1v) is 8.96. The van der Waals surface area contributed by atoms with E-state index in [1.807, 2.05) is 0 Å². The Morgan fingerprint density at radius 3 is 2.43 bits per heavy atom. The molecule has 2 rings (SSSR count). The van der Waals surface area contributed by atoms with Crippen molar-refractivity contribution in [1.82, 2.24) is 4.90 Å². The van der Waals surface area contributed by atoms with Gasteiger partial charge >= 0.3 is 0 Å². The molecule has 2 aromatic rings. The van der Waals surface area contributed by atoms with Gasteiger partial charge in [-0.2, -0.15) is 0 Å². The second-order valence-corrected chi connectivity index (χ2v) is 7.52. The minimum atomic E-state index is -3.55. The molecule has 0 spiro atoms. The van der Waals surface area contributed by atoms with E-state index in [0.29, 0.717) is 0 Å². The summed E-state index contributed by atoms with van der Waals surface area (Å²) in [5, 5.41) is 0.209. The van der Waals surface area contributed by atoms with Crippen molar-refractivity contribution in [3.8, 4) is 0 Å². The highest BCUT2D eigenvalue weighted by molar-refractivity contribution is 7.90. The summed E-state index contributed by atoms with van der Waals surface area (Å²) in [6, 6.07) is 10.2. The van der Waals surface area contributed by atoms with E-state index in [4.69, 9.17) is 11.6 Å². The van der Waals surface area contributed by atoms with E-state index < -0.39 is 21.6 Å². The van der Waals surface area contributed by atoms with Crippen molar-refractivity contribution in [1.29, 1.82) is 0 Å². The maximum absolute atomic E-state index is 13.8. The van der Waals surface area contributed by atoms with Crippen LogP contribution in [0.4, 0.5) is 4.39 Å². The van der Waals surface area contributed by atoms with Gasteiger partial charge in [0.05, 0.1) is 10.5 Å². The van der Waals surface area contributed by atoms with Gasteiger partial charge < -0.3 is 4.90 Å². The van der Waals surface area contributed by atoms with Crippen LogP contribution in [-0.4, -0.2) is 32.5 Å². The molecular formula is C16H15ClFNO3S. The third-order valence-corrected chi connectivity index (χ3v) is 4.83. The number of carbonyl (C=O) groups is 1. The van der Waals surface area contributed by atoms with Gasteiger partial charge in [0.2, 0.25) is 0 Å². The number of hydrogen-bond donors (Lipinski definition) is 0. The molecule has 0 fully saturated rings. The van der Waals surface area contributed by atoms with E-state index in [-0.39, 0.29) is 27.6 Å². The van der Waals surface area contributed by atoms with Gasteiger partial charge in [0.15, 0.2) is 9.84 Å². The lowest BCUT2D eigenvalue weighted by atomic mass is 10.1. The van der Waals surface area contributed by atoms with Gasteiger partial charge in [-0.1, -0.05) is 29.8 Å². The Kier molecular flexibility index (Phi) is 5.06. The first kappa shape index (κ1) is 17.4. The van der Waals surface area contributed by atoms with Crippen LogP contribution in [0.25, 0.3) is 0 Å². The molecule has 0 saturated carbocycles. The van der Waals surface area contributed by atoms with E-state index >= 15 is 0 Å². The van der Waals surface area contributed by atoms with Gasteiger partial charge in [-0.3, -0.25) is 4.79 Å². The number of hydrogen-bond acceptors (Lipinski definition) is 3. The Hall–Kier alpha value is -1.92. The van der Waals surface area contributed by atoms with Crippen LogP contribution in [0, 0.1) is 5.82 Å². The Bertz CT molecular complexity index is 832. The molecule has 0 bridgehead atoms. The zero-order valence-electron chi connectivity index (χ0n) is 12.6. The summed E-state index contributed by atoms with van der Waals surface area (Å²) >= 11 is 5.95. The van der Waals surface area contributed by atoms with Crippen molar-refractivity contribution < 1.29 is 17.6 Å². The normalized spacial score (nSPS) is 11.3. The van der Waals surface area contributed by atoms with Crippen molar-refractivity contribution in [3.05, 3.63) is 64.4 Å². The molecular weight excluding hydrogens is 341 g/mol. The number of amides is 1. The standard InChI is InChI=1S/C16H15ClFNO3S/c1-19(10-12-13(17)7-5-8-14(12)18)16(20)11-6-3-4-9-15(11)23(2,21)22/h3-9H,10H2,1-2H3. The topological polar surface area (TPSA) is 54.5 Å². The molecule has 0 saturated heterocycles. The molecule has 23 heavy (non-hydrogen) atoms. The first-order chi connectivity index (χ1) is 10.7. The maximum Gasteiger partial charge on any atom is 0.255 e. The largest absolute Gasteiger partial charge is 0.337 e. The number of nitrogens with zero attached hydrogens (tertiary/aromatic N) is 1. The van der Waals surface area contributed by atoms with Crippen LogP contribution in [0.5, 0.6) is 0 Å². The van der Waals surface area contributed by atoms with Crippen LogP contribution < -0.4 is 0 Å². The molecule has 0 aliphatic rings. The van der Waals surface area contributed by atoms with Crippen LogP contribution in [0.3, 0.4) is 0 Å². The van der Waals surface area contributed by atoms with E-state index in [1.165, 1.54) is 42.3 Å². The zero-order chi connectivity index (χ0) is 17.2. The molecule has 0 N–H and O–H groups in total. The summed E-state index contributed by atoms with van der Waals surface area (Å²) in [7, 11) is -2.09. The fourth-order valence-corrected chi connectivity index (χ4v) is 3.27. The molecule has 0 aromatic heterocycles. The Labute approximate surface area is 139 Å². The second-order valence-electron chi connectivity index (χ2n) is 5.13. The smallest absolute Gasteiger partial charge is 0.255 e. The molecule has 122 valence electrons. The molecule has 7 heteroatoms. The third kappa shape index (κ3) is 3.89. The van der Waals surface area contributed by atoms with Gasteiger partial charge in [-0.05, 0) is 24.3 Å². The summed E-state index contributed by atoms with van der Waals surface area (Å²) in [4.78, 5) is 13.7. The highest BCUT2D eigenvalue weighted by Gasteiger charge is 2.22. The minimum Gasteiger partial charge on any atom is -0.337 e. The molecule has 1 amide bonds. The van der Waals surface area contributed by atoms with E-state index in [2.05, 4.69) is 0 Å². The van der Waals surface area contributed by atoms with Gasteiger partial charge in [0.1, 0.15) is 5.82 Å². The van der Waals surface area contributed by atoms with Gasteiger partial charge in [-0.25, -0.2) is 12.8 Å².